The van der Waals surface area contributed by atoms with Gasteiger partial charge in [0.1, 0.15) is 11.3 Å². The first-order valence-corrected chi connectivity index (χ1v) is 5.71. The lowest BCUT2D eigenvalue weighted by atomic mass is 10.2. The summed E-state index contributed by atoms with van der Waals surface area (Å²) in [6, 6.07) is 1.75. The molecule has 0 bridgehead atoms. The van der Waals surface area contributed by atoms with Crippen LogP contribution in [0.5, 0.6) is 0 Å². The number of anilines is 1. The summed E-state index contributed by atoms with van der Waals surface area (Å²) in [5.41, 5.74) is 0.787. The molecule has 0 unspecified atom stereocenters. The van der Waals surface area contributed by atoms with Crippen LogP contribution in [-0.4, -0.2) is 32.1 Å². The maximum absolute atomic E-state index is 12.0. The van der Waals surface area contributed by atoms with E-state index in [1.54, 1.807) is 19.9 Å². The molecular weight excluding hydrogens is 264 g/mol. The number of hydrogen-bond donors (Lipinski definition) is 2. The fraction of sp³-hybridized carbons (Fsp3) is 0.250. The van der Waals surface area contributed by atoms with Crippen molar-refractivity contribution < 1.29 is 19.2 Å². The maximum Gasteiger partial charge on any atom is 0.341 e. The highest BCUT2D eigenvalue weighted by Crippen LogP contribution is 2.14. The molecule has 0 aromatic carbocycles. The topological polar surface area (TPSA) is 118 Å². The molecule has 8 heteroatoms. The smallest absolute Gasteiger partial charge is 0.341 e. The van der Waals surface area contributed by atoms with Crippen molar-refractivity contribution in [3.05, 3.63) is 34.5 Å². The van der Waals surface area contributed by atoms with Gasteiger partial charge in [-0.25, -0.2) is 14.8 Å². The highest BCUT2D eigenvalue weighted by molar-refractivity contribution is 6.09. The molecule has 0 aliphatic carbocycles. The van der Waals surface area contributed by atoms with E-state index in [9.17, 15) is 9.59 Å². The van der Waals surface area contributed by atoms with E-state index in [1.807, 2.05) is 0 Å². The van der Waals surface area contributed by atoms with E-state index in [0.717, 1.165) is 0 Å². The van der Waals surface area contributed by atoms with Crippen LogP contribution in [0.4, 0.5) is 5.95 Å². The average Bonchev–Trinajstić information content (AvgIpc) is 2.69. The fourth-order valence-electron chi connectivity index (χ4n) is 1.72. The third-order valence-electron chi connectivity index (χ3n) is 2.50. The first kappa shape index (κ1) is 13.7. The van der Waals surface area contributed by atoms with Gasteiger partial charge >= 0.3 is 5.97 Å². The standard InChI is InChI=1S/C12H12N4O4/c1-5-4-6(2)14-12(13-5)15-10(17)9-8(11(18)19)7(3)20-16-9/h4H,1-3H3,(H,18,19)(H,13,14,15,17). The van der Waals surface area contributed by atoms with E-state index in [2.05, 4.69) is 20.4 Å². The molecule has 0 saturated heterocycles. The van der Waals surface area contributed by atoms with E-state index in [4.69, 9.17) is 9.63 Å². The zero-order valence-electron chi connectivity index (χ0n) is 11.1. The molecule has 0 aliphatic rings. The number of aryl methyl sites for hydroxylation is 3. The Bertz CT molecular complexity index is 673. The largest absolute Gasteiger partial charge is 0.477 e. The molecule has 2 aromatic heterocycles. The van der Waals surface area contributed by atoms with E-state index >= 15 is 0 Å². The number of aromatic carboxylic acids is 1. The molecular formula is C12H12N4O4. The SMILES string of the molecule is Cc1cc(C)nc(NC(=O)c2noc(C)c2C(=O)O)n1. The van der Waals surface area contributed by atoms with Crippen molar-refractivity contribution >= 4 is 17.8 Å². The maximum atomic E-state index is 12.0. The Labute approximate surface area is 113 Å². The summed E-state index contributed by atoms with van der Waals surface area (Å²) in [5.74, 6) is -1.87. The Kier molecular flexibility index (Phi) is 3.47. The van der Waals surface area contributed by atoms with Gasteiger partial charge in [0.25, 0.3) is 5.91 Å². The summed E-state index contributed by atoms with van der Waals surface area (Å²) >= 11 is 0. The van der Waals surface area contributed by atoms with Gasteiger partial charge in [0, 0.05) is 11.4 Å². The van der Waals surface area contributed by atoms with Crippen LogP contribution in [0.1, 0.15) is 38.0 Å². The molecule has 0 aliphatic heterocycles. The summed E-state index contributed by atoms with van der Waals surface area (Å²) < 4.78 is 4.73. The van der Waals surface area contributed by atoms with Crippen molar-refractivity contribution in [1.82, 2.24) is 15.1 Å². The van der Waals surface area contributed by atoms with Crippen LogP contribution >= 0.6 is 0 Å². The molecule has 2 N–H and O–H groups in total. The quantitative estimate of drug-likeness (QED) is 0.868. The molecule has 104 valence electrons. The van der Waals surface area contributed by atoms with E-state index in [0.29, 0.717) is 11.4 Å². The zero-order valence-corrected chi connectivity index (χ0v) is 11.1. The second-order valence-electron chi connectivity index (χ2n) is 4.20. The number of amides is 1. The third-order valence-corrected chi connectivity index (χ3v) is 2.50. The highest BCUT2D eigenvalue weighted by atomic mass is 16.5. The number of hydrogen-bond acceptors (Lipinski definition) is 6. The van der Waals surface area contributed by atoms with Crippen molar-refractivity contribution in [3.8, 4) is 0 Å². The highest BCUT2D eigenvalue weighted by Gasteiger charge is 2.25. The van der Waals surface area contributed by atoms with Crippen LogP contribution in [-0.2, 0) is 0 Å². The number of nitrogens with one attached hydrogen (secondary N) is 1. The van der Waals surface area contributed by atoms with Gasteiger partial charge < -0.3 is 9.63 Å². The number of rotatable bonds is 3. The number of aromatic nitrogens is 3. The molecule has 20 heavy (non-hydrogen) atoms. The van der Waals surface area contributed by atoms with Gasteiger partial charge in [0.2, 0.25) is 5.95 Å². The number of carbonyl (C=O) groups is 2. The van der Waals surface area contributed by atoms with E-state index in [1.165, 1.54) is 6.92 Å². The van der Waals surface area contributed by atoms with Crippen molar-refractivity contribution in [2.75, 3.05) is 5.32 Å². The third kappa shape index (κ3) is 2.63. The fourth-order valence-corrected chi connectivity index (χ4v) is 1.72. The van der Waals surface area contributed by atoms with E-state index in [-0.39, 0.29) is 23.0 Å². The minimum absolute atomic E-state index is 0.0593. The number of nitrogens with zero attached hydrogens (tertiary/aromatic N) is 3. The molecule has 2 rings (SSSR count). The normalized spacial score (nSPS) is 10.3. The van der Waals surface area contributed by atoms with Crippen molar-refractivity contribution in [1.29, 1.82) is 0 Å². The minimum atomic E-state index is -1.28. The number of carbonyl (C=O) groups excluding carboxylic acids is 1. The van der Waals surface area contributed by atoms with Gasteiger partial charge in [-0.05, 0) is 26.8 Å². The predicted molar refractivity (Wildman–Crippen MR) is 67.7 cm³/mol. The van der Waals surface area contributed by atoms with Gasteiger partial charge in [0.15, 0.2) is 5.69 Å². The summed E-state index contributed by atoms with van der Waals surface area (Å²) in [4.78, 5) is 31.1. The van der Waals surface area contributed by atoms with Crippen molar-refractivity contribution in [2.24, 2.45) is 0 Å². The molecule has 0 saturated carbocycles. The lowest BCUT2D eigenvalue weighted by molar-refractivity contribution is 0.0691. The predicted octanol–water partition coefficient (Wildman–Crippen LogP) is 1.34. The first-order valence-electron chi connectivity index (χ1n) is 5.71. The summed E-state index contributed by atoms with van der Waals surface area (Å²) in [6.45, 7) is 4.93. The van der Waals surface area contributed by atoms with Crippen LogP contribution in [0.3, 0.4) is 0 Å². The van der Waals surface area contributed by atoms with Gasteiger partial charge in [-0.3, -0.25) is 10.1 Å². The molecule has 0 fully saturated rings. The second-order valence-corrected chi connectivity index (χ2v) is 4.20. The molecule has 0 atom stereocenters. The average molecular weight is 276 g/mol. The van der Waals surface area contributed by atoms with Crippen LogP contribution in [0, 0.1) is 20.8 Å². The van der Waals surface area contributed by atoms with Gasteiger partial charge in [0.05, 0.1) is 0 Å². The molecule has 1 amide bonds. The van der Waals surface area contributed by atoms with E-state index < -0.39 is 11.9 Å². The Morgan fingerprint density at radius 2 is 1.80 bits per heavy atom. The lowest BCUT2D eigenvalue weighted by Crippen LogP contribution is -2.18. The molecule has 0 radical (unpaired) electrons. The Morgan fingerprint density at radius 1 is 1.20 bits per heavy atom. The van der Waals surface area contributed by atoms with Gasteiger partial charge in [-0.15, -0.1) is 0 Å². The van der Waals surface area contributed by atoms with Crippen LogP contribution in [0.25, 0.3) is 0 Å². The first-order chi connectivity index (χ1) is 9.38. The van der Waals surface area contributed by atoms with Crippen LogP contribution in [0.15, 0.2) is 10.6 Å². The Balaban J connectivity index is 2.31. The molecule has 2 aromatic rings. The molecule has 8 nitrogen and oxygen atoms in total. The monoisotopic (exact) mass is 276 g/mol. The Morgan fingerprint density at radius 3 is 2.35 bits per heavy atom. The number of carboxylic acids is 1. The molecule has 2 heterocycles. The van der Waals surface area contributed by atoms with Gasteiger partial charge in [-0.1, -0.05) is 5.16 Å². The summed E-state index contributed by atoms with van der Waals surface area (Å²) in [5, 5.41) is 14.9. The second kappa shape index (κ2) is 5.08. The summed E-state index contributed by atoms with van der Waals surface area (Å²) in [6.07, 6.45) is 0. The van der Waals surface area contributed by atoms with Crippen LogP contribution in [0.2, 0.25) is 0 Å². The zero-order chi connectivity index (χ0) is 14.9. The number of carboxylic acid groups (broad SMARTS) is 1. The van der Waals surface area contributed by atoms with Crippen molar-refractivity contribution in [3.63, 3.8) is 0 Å². The van der Waals surface area contributed by atoms with Crippen molar-refractivity contribution in [2.45, 2.75) is 20.8 Å². The van der Waals surface area contributed by atoms with Crippen LogP contribution < -0.4 is 5.32 Å². The minimum Gasteiger partial charge on any atom is -0.477 e. The lowest BCUT2D eigenvalue weighted by Gasteiger charge is -2.04. The Hall–Kier alpha value is -2.77. The van der Waals surface area contributed by atoms with Gasteiger partial charge in [-0.2, -0.15) is 0 Å². The summed E-state index contributed by atoms with van der Waals surface area (Å²) in [7, 11) is 0. The molecule has 0 spiro atoms.